The number of methoxy groups -OCH3 is 1. The van der Waals surface area contributed by atoms with Crippen molar-refractivity contribution in [2.45, 2.75) is 6.42 Å². The van der Waals surface area contributed by atoms with Crippen LogP contribution < -0.4 is 14.9 Å². The summed E-state index contributed by atoms with van der Waals surface area (Å²) in [7, 11) is 1.46. The molecule has 0 aliphatic heterocycles. The molecule has 1 aromatic rings. The van der Waals surface area contributed by atoms with E-state index in [-0.39, 0.29) is 13.0 Å². The molecule has 21 heavy (non-hydrogen) atoms. The lowest BCUT2D eigenvalue weighted by molar-refractivity contribution is -0.120. The van der Waals surface area contributed by atoms with Gasteiger partial charge < -0.3 is 9.47 Å². The first-order valence-electron chi connectivity index (χ1n) is 5.75. The predicted molar refractivity (Wildman–Crippen MR) is 78.3 cm³/mol. The number of hydrogen-bond donors (Lipinski definition) is 1. The Morgan fingerprint density at radius 2 is 2.38 bits per heavy atom. The van der Waals surface area contributed by atoms with Gasteiger partial charge >= 0.3 is 0 Å². The maximum atomic E-state index is 11.1. The van der Waals surface area contributed by atoms with Gasteiger partial charge in [-0.15, -0.1) is 6.42 Å². The second-order valence-corrected chi connectivity index (χ2v) is 4.06. The number of ether oxygens (including phenoxy) is 2. The van der Waals surface area contributed by atoms with Crippen molar-refractivity contribution in [2.75, 3.05) is 13.7 Å². The minimum atomic E-state index is -0.499. The van der Waals surface area contributed by atoms with Crippen LogP contribution in [0.3, 0.4) is 0 Å². The minimum Gasteiger partial charge on any atom is -0.493 e. The number of rotatable bonds is 6. The van der Waals surface area contributed by atoms with Gasteiger partial charge in [-0.2, -0.15) is 10.4 Å². The van der Waals surface area contributed by atoms with Gasteiger partial charge in [0, 0.05) is 0 Å². The van der Waals surface area contributed by atoms with Crippen molar-refractivity contribution in [2.24, 2.45) is 5.10 Å². The van der Waals surface area contributed by atoms with Crippen molar-refractivity contribution < 1.29 is 14.3 Å². The molecule has 0 unspecified atom stereocenters. The number of amides is 1. The van der Waals surface area contributed by atoms with Crippen molar-refractivity contribution in [1.29, 1.82) is 5.26 Å². The fourth-order valence-corrected chi connectivity index (χ4v) is 1.63. The van der Waals surface area contributed by atoms with Crippen molar-refractivity contribution in [3.05, 3.63) is 22.7 Å². The number of hydrogen-bond acceptors (Lipinski definition) is 5. The van der Waals surface area contributed by atoms with Crippen LogP contribution in [0.25, 0.3) is 0 Å². The highest BCUT2D eigenvalue weighted by Crippen LogP contribution is 2.35. The Hall–Kier alpha value is -2.70. The van der Waals surface area contributed by atoms with Crippen LogP contribution in [0.4, 0.5) is 0 Å². The molecule has 0 atom stereocenters. The van der Waals surface area contributed by atoms with E-state index in [1.165, 1.54) is 13.3 Å². The average Bonchev–Trinajstić information content (AvgIpc) is 2.46. The maximum Gasteiger partial charge on any atom is 0.254 e. The zero-order valence-electron chi connectivity index (χ0n) is 11.2. The van der Waals surface area contributed by atoms with Crippen molar-refractivity contribution >= 4 is 23.7 Å². The number of hydrazone groups is 1. The second kappa shape index (κ2) is 8.47. The quantitative estimate of drug-likeness (QED) is 0.493. The lowest BCUT2D eigenvalue weighted by atomic mass is 10.2. The van der Waals surface area contributed by atoms with E-state index in [1.807, 2.05) is 0 Å². The van der Waals surface area contributed by atoms with E-state index in [1.54, 1.807) is 18.2 Å². The Kier molecular flexibility index (Phi) is 6.59. The number of carbonyl (C=O) groups excluding carboxylic acids is 1. The number of nitriles is 1. The molecule has 1 aromatic carbocycles. The molecule has 1 rings (SSSR count). The molecule has 108 valence electrons. The van der Waals surface area contributed by atoms with Gasteiger partial charge in [0.2, 0.25) is 0 Å². The molecule has 0 bridgehead atoms. The van der Waals surface area contributed by atoms with Gasteiger partial charge in [0.25, 0.3) is 5.91 Å². The first-order valence-corrected chi connectivity index (χ1v) is 6.12. The molecular weight excluding hydrogens is 294 g/mol. The largest absolute Gasteiger partial charge is 0.493 e. The third kappa shape index (κ3) is 5.06. The van der Waals surface area contributed by atoms with Gasteiger partial charge in [-0.25, -0.2) is 5.43 Å². The molecular formula is C14H12ClN3O3. The van der Waals surface area contributed by atoms with Crippen LogP contribution in [0.15, 0.2) is 17.2 Å². The highest BCUT2D eigenvalue weighted by molar-refractivity contribution is 6.32. The molecule has 0 radical (unpaired) electrons. The van der Waals surface area contributed by atoms with E-state index in [9.17, 15) is 4.79 Å². The van der Waals surface area contributed by atoms with Gasteiger partial charge in [0.15, 0.2) is 11.5 Å². The Morgan fingerprint density at radius 1 is 1.62 bits per heavy atom. The van der Waals surface area contributed by atoms with Crippen LogP contribution in [0.1, 0.15) is 12.0 Å². The first kappa shape index (κ1) is 16.4. The van der Waals surface area contributed by atoms with Gasteiger partial charge in [0.05, 0.1) is 24.4 Å². The zero-order valence-corrected chi connectivity index (χ0v) is 12.0. The van der Waals surface area contributed by atoms with E-state index in [4.69, 9.17) is 32.8 Å². The molecule has 0 aliphatic carbocycles. The summed E-state index contributed by atoms with van der Waals surface area (Å²) >= 11 is 6.07. The molecule has 0 heterocycles. The maximum absolute atomic E-state index is 11.1. The van der Waals surface area contributed by atoms with E-state index in [0.717, 1.165) is 0 Å². The Bertz CT molecular complexity index is 630. The molecule has 0 aromatic heterocycles. The fraction of sp³-hybridized carbons (Fsp3) is 0.214. The van der Waals surface area contributed by atoms with Gasteiger partial charge in [-0.1, -0.05) is 17.5 Å². The number of nitrogens with zero attached hydrogens (tertiary/aromatic N) is 2. The van der Waals surface area contributed by atoms with E-state index >= 15 is 0 Å². The smallest absolute Gasteiger partial charge is 0.254 e. The fourth-order valence-electron chi connectivity index (χ4n) is 1.36. The van der Waals surface area contributed by atoms with Gasteiger partial charge in [-0.05, 0) is 17.7 Å². The lowest BCUT2D eigenvalue weighted by Crippen LogP contribution is -2.16. The van der Waals surface area contributed by atoms with Crippen LogP contribution in [0, 0.1) is 23.7 Å². The van der Waals surface area contributed by atoms with Gasteiger partial charge in [0.1, 0.15) is 13.0 Å². The summed E-state index contributed by atoms with van der Waals surface area (Å²) in [5.41, 5.74) is 2.79. The third-order valence-corrected chi connectivity index (χ3v) is 2.47. The van der Waals surface area contributed by atoms with Crippen molar-refractivity contribution in [3.8, 4) is 29.9 Å². The average molecular weight is 306 g/mol. The summed E-state index contributed by atoms with van der Waals surface area (Å²) in [4.78, 5) is 11.1. The molecule has 0 aliphatic rings. The van der Waals surface area contributed by atoms with E-state index in [0.29, 0.717) is 22.1 Å². The van der Waals surface area contributed by atoms with Crippen LogP contribution >= 0.6 is 11.6 Å². The van der Waals surface area contributed by atoms with Crippen LogP contribution in [0.5, 0.6) is 11.5 Å². The number of nitrogens with one attached hydrogen (secondary N) is 1. The summed E-state index contributed by atoms with van der Waals surface area (Å²) in [6.07, 6.45) is 6.23. The molecule has 1 N–H and O–H groups in total. The predicted octanol–water partition coefficient (Wildman–Crippen LogP) is 1.72. The number of terminal acetylenes is 1. The number of benzene rings is 1. The molecule has 0 saturated carbocycles. The molecule has 6 nitrogen and oxygen atoms in total. The van der Waals surface area contributed by atoms with E-state index < -0.39 is 5.91 Å². The Labute approximate surface area is 127 Å². The summed E-state index contributed by atoms with van der Waals surface area (Å²) in [6, 6.07) is 4.91. The summed E-state index contributed by atoms with van der Waals surface area (Å²) < 4.78 is 10.5. The first-order chi connectivity index (χ1) is 10.1. The highest BCUT2D eigenvalue weighted by atomic mass is 35.5. The standard InChI is InChI=1S/C14H12ClN3O3/c1-3-6-21-14-11(15)7-10(8-12(14)20-2)9-17-18-13(19)4-5-16/h1,7-9H,4,6H2,2H3,(H,18,19)/b17-9-. The molecule has 0 saturated heterocycles. The van der Waals surface area contributed by atoms with Crippen molar-refractivity contribution in [3.63, 3.8) is 0 Å². The van der Waals surface area contributed by atoms with Crippen LogP contribution in [-0.4, -0.2) is 25.8 Å². The second-order valence-electron chi connectivity index (χ2n) is 3.65. The van der Waals surface area contributed by atoms with Crippen molar-refractivity contribution in [1.82, 2.24) is 5.43 Å². The third-order valence-electron chi connectivity index (χ3n) is 2.19. The summed E-state index contributed by atoms with van der Waals surface area (Å²) in [5.74, 6) is 2.56. The van der Waals surface area contributed by atoms with Crippen LogP contribution in [0.2, 0.25) is 5.02 Å². The molecule has 7 heteroatoms. The summed E-state index contributed by atoms with van der Waals surface area (Å²) in [5, 5.41) is 12.3. The SMILES string of the molecule is C#CCOc1c(Cl)cc(/C=N\NC(=O)CC#N)cc1OC. The highest BCUT2D eigenvalue weighted by Gasteiger charge is 2.11. The van der Waals surface area contributed by atoms with Crippen LogP contribution in [-0.2, 0) is 4.79 Å². The van der Waals surface area contributed by atoms with E-state index in [2.05, 4.69) is 16.4 Å². The topological polar surface area (TPSA) is 83.7 Å². The molecule has 0 fully saturated rings. The normalized spacial score (nSPS) is 9.71. The Morgan fingerprint density at radius 3 is 3.00 bits per heavy atom. The zero-order chi connectivity index (χ0) is 15.7. The number of carbonyl (C=O) groups is 1. The van der Waals surface area contributed by atoms with Gasteiger partial charge in [-0.3, -0.25) is 4.79 Å². The summed E-state index contributed by atoms with van der Waals surface area (Å²) in [6.45, 7) is 0.0632. The Balaban J connectivity index is 2.88. The molecule has 1 amide bonds. The lowest BCUT2D eigenvalue weighted by Gasteiger charge is -2.11. The monoisotopic (exact) mass is 305 g/mol. The minimum absolute atomic E-state index is 0.0632. The number of halogens is 1. The molecule has 0 spiro atoms.